The number of likely N-dealkylation sites (N-methyl/N-ethyl adjacent to an activating group) is 1. The Labute approximate surface area is 218 Å². The lowest BCUT2D eigenvalue weighted by Gasteiger charge is -2.48. The van der Waals surface area contributed by atoms with E-state index in [0.29, 0.717) is 17.6 Å². The zero-order valence-electron chi connectivity index (χ0n) is 21.7. The van der Waals surface area contributed by atoms with Crippen LogP contribution in [0.2, 0.25) is 0 Å². The number of hydrogen-bond acceptors (Lipinski definition) is 6. The molecular weight excluding hydrogens is 470 g/mol. The Morgan fingerprint density at radius 2 is 1.51 bits per heavy atom. The van der Waals surface area contributed by atoms with E-state index >= 15 is 0 Å². The number of unbranched alkanes of at least 4 members (excludes halogenated alkanes) is 1. The van der Waals surface area contributed by atoms with Crippen LogP contribution >= 0.6 is 0 Å². The van der Waals surface area contributed by atoms with E-state index in [0.717, 1.165) is 29.4 Å². The van der Waals surface area contributed by atoms with Gasteiger partial charge >= 0.3 is 11.9 Å². The number of quaternary nitrogens is 1. The molecule has 5 rings (SSSR count). The van der Waals surface area contributed by atoms with E-state index in [1.54, 1.807) is 12.1 Å². The first-order valence-corrected chi connectivity index (χ1v) is 13.5. The Morgan fingerprint density at radius 3 is 2.05 bits per heavy atom. The van der Waals surface area contributed by atoms with E-state index in [4.69, 9.17) is 14.2 Å². The summed E-state index contributed by atoms with van der Waals surface area (Å²) in [5.74, 6) is -2.46. The van der Waals surface area contributed by atoms with Crippen molar-refractivity contribution in [2.24, 2.45) is 0 Å². The second-order valence-corrected chi connectivity index (χ2v) is 10.9. The number of fused-ring (bicyclic) bond motifs is 5. The highest BCUT2D eigenvalue weighted by Gasteiger charge is 2.71. The lowest BCUT2D eigenvalue weighted by Crippen LogP contribution is -2.62. The van der Waals surface area contributed by atoms with Crippen LogP contribution in [0.3, 0.4) is 0 Å². The molecule has 3 aliphatic heterocycles. The number of benzene rings is 2. The molecule has 0 amide bonds. The molecule has 2 aromatic rings. The molecule has 3 fully saturated rings. The zero-order valence-corrected chi connectivity index (χ0v) is 21.7. The standard InChI is InChI=1S/C30H38NO6/c1-3-4-15-31(2)25-16-22(17-26(31)28-27(25)37-28)36-30(34)24(21-13-9-6-10-14-21)19-35-29(33)23(18-32)20-11-7-5-8-12-20/h5-14,22-28,32H,3-4,15-19H2,1-2H3/q+1/t22?,23-,24-,25-,26+,27-,28+,31?/m1/s1. The summed E-state index contributed by atoms with van der Waals surface area (Å²) in [6.45, 7) is 2.86. The lowest BCUT2D eigenvalue weighted by atomic mass is 9.94. The van der Waals surface area contributed by atoms with E-state index in [-0.39, 0.29) is 37.5 Å². The van der Waals surface area contributed by atoms with E-state index < -0.39 is 17.8 Å². The maximum absolute atomic E-state index is 13.5. The highest BCUT2D eigenvalue weighted by Crippen LogP contribution is 2.53. The number of epoxide rings is 1. The number of morpholine rings is 1. The smallest absolute Gasteiger partial charge is 0.317 e. The Kier molecular flexibility index (Phi) is 7.65. The number of piperidine rings is 1. The Morgan fingerprint density at radius 1 is 0.946 bits per heavy atom. The molecule has 37 heavy (non-hydrogen) atoms. The molecule has 8 atom stereocenters. The molecule has 7 heteroatoms. The normalized spacial score (nSPS) is 31.2. The second-order valence-electron chi connectivity index (χ2n) is 10.9. The van der Waals surface area contributed by atoms with Crippen molar-refractivity contribution in [2.45, 2.75) is 74.8 Å². The Hall–Kier alpha value is -2.74. The van der Waals surface area contributed by atoms with Crippen LogP contribution in [0.25, 0.3) is 0 Å². The number of hydrogen-bond donors (Lipinski definition) is 1. The lowest BCUT2D eigenvalue weighted by molar-refractivity contribution is -0.956. The van der Waals surface area contributed by atoms with Crippen LogP contribution in [0.5, 0.6) is 0 Å². The van der Waals surface area contributed by atoms with Gasteiger partial charge in [0.25, 0.3) is 0 Å². The summed E-state index contributed by atoms with van der Waals surface area (Å²) in [4.78, 5) is 26.4. The molecule has 2 bridgehead atoms. The number of carbonyl (C=O) groups is 2. The molecular formula is C30H38NO6+. The van der Waals surface area contributed by atoms with Gasteiger partial charge in [0.1, 0.15) is 48.8 Å². The van der Waals surface area contributed by atoms with Crippen molar-refractivity contribution < 1.29 is 33.4 Å². The van der Waals surface area contributed by atoms with Gasteiger partial charge in [-0.05, 0) is 17.5 Å². The number of aliphatic hydroxyl groups is 1. The fraction of sp³-hybridized carbons (Fsp3) is 0.533. The summed E-state index contributed by atoms with van der Waals surface area (Å²) < 4.78 is 18.7. The van der Waals surface area contributed by atoms with Crippen LogP contribution in [-0.4, -0.2) is 78.7 Å². The minimum Gasteiger partial charge on any atom is -0.464 e. The van der Waals surface area contributed by atoms with Crippen LogP contribution < -0.4 is 0 Å². The molecule has 3 saturated heterocycles. The van der Waals surface area contributed by atoms with Crippen LogP contribution in [0.1, 0.15) is 55.6 Å². The number of esters is 2. The van der Waals surface area contributed by atoms with Crippen LogP contribution in [0, 0.1) is 0 Å². The summed E-state index contributed by atoms with van der Waals surface area (Å²) in [5.41, 5.74) is 1.42. The number of nitrogens with zero attached hydrogens (tertiary/aromatic N) is 1. The Balaban J connectivity index is 1.25. The molecule has 2 aromatic carbocycles. The maximum Gasteiger partial charge on any atom is 0.317 e. The summed E-state index contributed by atoms with van der Waals surface area (Å²) >= 11 is 0. The molecule has 2 unspecified atom stereocenters. The molecule has 0 saturated carbocycles. The molecule has 0 aliphatic carbocycles. The topological polar surface area (TPSA) is 85.4 Å². The monoisotopic (exact) mass is 508 g/mol. The molecule has 0 spiro atoms. The molecule has 3 aliphatic rings. The van der Waals surface area contributed by atoms with Gasteiger partial charge in [-0.15, -0.1) is 0 Å². The third-order valence-corrected chi connectivity index (χ3v) is 8.67. The van der Waals surface area contributed by atoms with Crippen molar-refractivity contribution in [3.63, 3.8) is 0 Å². The molecule has 0 aromatic heterocycles. The summed E-state index contributed by atoms with van der Waals surface area (Å²) in [6.07, 6.45) is 4.36. The fourth-order valence-electron chi connectivity index (χ4n) is 6.48. The first-order chi connectivity index (χ1) is 18.0. The first-order valence-electron chi connectivity index (χ1n) is 13.5. The third kappa shape index (κ3) is 5.17. The van der Waals surface area contributed by atoms with Gasteiger partial charge in [-0.1, -0.05) is 74.0 Å². The van der Waals surface area contributed by atoms with Crippen LogP contribution in [0.4, 0.5) is 0 Å². The predicted octanol–water partition coefficient (Wildman–Crippen LogP) is 3.56. The molecule has 0 radical (unpaired) electrons. The zero-order chi connectivity index (χ0) is 26.0. The molecule has 198 valence electrons. The number of rotatable bonds is 11. The summed E-state index contributed by atoms with van der Waals surface area (Å²) in [5, 5.41) is 9.83. The highest BCUT2D eigenvalue weighted by atomic mass is 16.6. The molecule has 7 nitrogen and oxygen atoms in total. The van der Waals surface area contributed by atoms with E-state index in [1.807, 2.05) is 48.5 Å². The minimum absolute atomic E-state index is 0.136. The number of carbonyl (C=O) groups excluding carboxylic acids is 2. The van der Waals surface area contributed by atoms with Gasteiger partial charge in [-0.25, -0.2) is 0 Å². The van der Waals surface area contributed by atoms with Crippen LogP contribution in [0.15, 0.2) is 60.7 Å². The number of aliphatic hydroxyl groups excluding tert-OH is 1. The van der Waals surface area contributed by atoms with Gasteiger partial charge in [0, 0.05) is 12.8 Å². The van der Waals surface area contributed by atoms with Gasteiger partial charge in [0.2, 0.25) is 0 Å². The second kappa shape index (κ2) is 10.9. The quantitative estimate of drug-likeness (QED) is 0.284. The average Bonchev–Trinajstić information content (AvgIpc) is 3.68. The van der Waals surface area contributed by atoms with Gasteiger partial charge in [0.15, 0.2) is 0 Å². The number of ether oxygens (including phenoxy) is 3. The summed E-state index contributed by atoms with van der Waals surface area (Å²) in [6, 6.07) is 19.1. The largest absolute Gasteiger partial charge is 0.464 e. The molecule has 3 heterocycles. The van der Waals surface area contributed by atoms with E-state index in [1.165, 1.54) is 12.8 Å². The van der Waals surface area contributed by atoms with Gasteiger partial charge in [0.05, 0.1) is 20.2 Å². The first kappa shape index (κ1) is 25.9. The fourth-order valence-corrected chi connectivity index (χ4v) is 6.48. The minimum atomic E-state index is -0.798. The van der Waals surface area contributed by atoms with Gasteiger partial charge in [-0.2, -0.15) is 0 Å². The van der Waals surface area contributed by atoms with Crippen molar-refractivity contribution in [2.75, 3.05) is 26.8 Å². The van der Waals surface area contributed by atoms with E-state index in [2.05, 4.69) is 14.0 Å². The van der Waals surface area contributed by atoms with Crippen molar-refractivity contribution in [3.8, 4) is 0 Å². The van der Waals surface area contributed by atoms with Crippen molar-refractivity contribution in [1.29, 1.82) is 0 Å². The van der Waals surface area contributed by atoms with Crippen molar-refractivity contribution >= 4 is 11.9 Å². The third-order valence-electron chi connectivity index (χ3n) is 8.67. The summed E-state index contributed by atoms with van der Waals surface area (Å²) in [7, 11) is 2.34. The maximum atomic E-state index is 13.5. The van der Waals surface area contributed by atoms with Gasteiger partial charge < -0.3 is 23.8 Å². The van der Waals surface area contributed by atoms with Gasteiger partial charge in [-0.3, -0.25) is 9.59 Å². The average molecular weight is 509 g/mol. The van der Waals surface area contributed by atoms with Crippen molar-refractivity contribution in [1.82, 2.24) is 0 Å². The van der Waals surface area contributed by atoms with Crippen LogP contribution in [-0.2, 0) is 23.8 Å². The highest BCUT2D eigenvalue weighted by molar-refractivity contribution is 5.81. The molecule has 1 N–H and O–H groups in total. The van der Waals surface area contributed by atoms with Crippen molar-refractivity contribution in [3.05, 3.63) is 71.8 Å². The predicted molar refractivity (Wildman–Crippen MR) is 138 cm³/mol. The SMILES string of the molecule is CCCC[N+]1(C)[C@@H]2CC(OC(=O)[C@H](COC(=O)[C@H](CO)c3ccccc3)c3ccccc3)C[C@H]1[C@@H]1O[C@@H]12. The van der Waals surface area contributed by atoms with E-state index in [9.17, 15) is 14.7 Å². The Bertz CT molecular complexity index is 1060.